The SMILES string of the molecule is COc1cccc([C@H](C)[C@@H]2CCNC2)c1. The van der Waals surface area contributed by atoms with Crippen LogP contribution in [0.1, 0.15) is 24.8 Å². The van der Waals surface area contributed by atoms with Crippen molar-refractivity contribution in [3.63, 3.8) is 0 Å². The fourth-order valence-corrected chi connectivity index (χ4v) is 2.30. The van der Waals surface area contributed by atoms with Crippen LogP contribution < -0.4 is 10.1 Å². The Kier molecular flexibility index (Phi) is 3.27. The van der Waals surface area contributed by atoms with Crippen molar-refractivity contribution < 1.29 is 4.74 Å². The standard InChI is InChI=1S/C13H19NO/c1-10(12-6-7-14-9-12)11-4-3-5-13(8-11)15-2/h3-5,8,10,12,14H,6-7,9H2,1-2H3/t10-,12+/m0/s1. The van der Waals surface area contributed by atoms with E-state index in [4.69, 9.17) is 4.74 Å². The summed E-state index contributed by atoms with van der Waals surface area (Å²) in [6, 6.07) is 8.44. The van der Waals surface area contributed by atoms with Crippen molar-refractivity contribution in [2.75, 3.05) is 20.2 Å². The van der Waals surface area contributed by atoms with Gasteiger partial charge in [-0.05, 0) is 49.0 Å². The minimum absolute atomic E-state index is 0.620. The summed E-state index contributed by atoms with van der Waals surface area (Å²) in [7, 11) is 1.72. The minimum Gasteiger partial charge on any atom is -0.497 e. The largest absolute Gasteiger partial charge is 0.497 e. The third kappa shape index (κ3) is 2.32. The van der Waals surface area contributed by atoms with E-state index in [1.807, 2.05) is 6.07 Å². The summed E-state index contributed by atoms with van der Waals surface area (Å²) >= 11 is 0. The van der Waals surface area contributed by atoms with Crippen molar-refractivity contribution in [2.24, 2.45) is 5.92 Å². The molecule has 0 aliphatic carbocycles. The van der Waals surface area contributed by atoms with Crippen LogP contribution in [0, 0.1) is 5.92 Å². The molecule has 1 aliphatic rings. The van der Waals surface area contributed by atoms with E-state index in [2.05, 4.69) is 30.4 Å². The fourth-order valence-electron chi connectivity index (χ4n) is 2.30. The van der Waals surface area contributed by atoms with Crippen molar-refractivity contribution in [3.05, 3.63) is 29.8 Å². The number of hydrogen-bond donors (Lipinski definition) is 1. The van der Waals surface area contributed by atoms with Gasteiger partial charge in [-0.25, -0.2) is 0 Å². The van der Waals surface area contributed by atoms with Gasteiger partial charge >= 0.3 is 0 Å². The molecule has 0 aromatic heterocycles. The molecular weight excluding hydrogens is 186 g/mol. The van der Waals surface area contributed by atoms with Gasteiger partial charge in [-0.15, -0.1) is 0 Å². The first-order chi connectivity index (χ1) is 7.31. The van der Waals surface area contributed by atoms with E-state index in [-0.39, 0.29) is 0 Å². The van der Waals surface area contributed by atoms with Crippen LogP contribution in [0.4, 0.5) is 0 Å². The normalized spacial score (nSPS) is 22.7. The fraction of sp³-hybridized carbons (Fsp3) is 0.538. The average Bonchev–Trinajstić information content (AvgIpc) is 2.81. The summed E-state index contributed by atoms with van der Waals surface area (Å²) in [6.07, 6.45) is 1.29. The Morgan fingerprint density at radius 1 is 1.47 bits per heavy atom. The Morgan fingerprint density at radius 3 is 3.00 bits per heavy atom. The third-order valence-corrected chi connectivity index (χ3v) is 3.43. The summed E-state index contributed by atoms with van der Waals surface area (Å²) in [5, 5.41) is 3.42. The molecule has 2 heteroatoms. The van der Waals surface area contributed by atoms with Crippen LogP contribution in [-0.2, 0) is 0 Å². The molecule has 1 saturated heterocycles. The monoisotopic (exact) mass is 205 g/mol. The van der Waals surface area contributed by atoms with E-state index < -0.39 is 0 Å². The average molecular weight is 205 g/mol. The lowest BCUT2D eigenvalue weighted by molar-refractivity contribution is 0.412. The molecule has 1 aromatic rings. The summed E-state index contributed by atoms with van der Waals surface area (Å²) in [5.74, 6) is 2.36. The summed E-state index contributed by atoms with van der Waals surface area (Å²) in [6.45, 7) is 4.63. The van der Waals surface area contributed by atoms with Crippen LogP contribution in [0.25, 0.3) is 0 Å². The lowest BCUT2D eigenvalue weighted by Crippen LogP contribution is -2.14. The van der Waals surface area contributed by atoms with Gasteiger partial charge in [0.2, 0.25) is 0 Å². The number of nitrogens with one attached hydrogen (secondary N) is 1. The summed E-state index contributed by atoms with van der Waals surface area (Å²) in [4.78, 5) is 0. The second-order valence-electron chi connectivity index (χ2n) is 4.32. The Hall–Kier alpha value is -1.02. The molecule has 1 fully saturated rings. The topological polar surface area (TPSA) is 21.3 Å². The number of benzene rings is 1. The van der Waals surface area contributed by atoms with Crippen molar-refractivity contribution >= 4 is 0 Å². The Labute approximate surface area is 91.6 Å². The minimum atomic E-state index is 0.620. The molecule has 0 amide bonds. The molecule has 0 saturated carbocycles. The molecule has 0 bridgehead atoms. The highest BCUT2D eigenvalue weighted by Crippen LogP contribution is 2.30. The van der Waals surface area contributed by atoms with E-state index in [0.29, 0.717) is 5.92 Å². The molecule has 0 unspecified atom stereocenters. The lowest BCUT2D eigenvalue weighted by Gasteiger charge is -2.19. The van der Waals surface area contributed by atoms with Crippen LogP contribution in [-0.4, -0.2) is 20.2 Å². The van der Waals surface area contributed by atoms with Crippen molar-refractivity contribution in [3.8, 4) is 5.75 Å². The van der Waals surface area contributed by atoms with E-state index in [0.717, 1.165) is 18.2 Å². The van der Waals surface area contributed by atoms with E-state index in [9.17, 15) is 0 Å². The van der Waals surface area contributed by atoms with Gasteiger partial charge in [0.15, 0.2) is 0 Å². The van der Waals surface area contributed by atoms with Crippen molar-refractivity contribution in [2.45, 2.75) is 19.3 Å². The molecule has 2 rings (SSSR count). The number of ether oxygens (including phenoxy) is 1. The van der Waals surface area contributed by atoms with Crippen LogP contribution in [0.3, 0.4) is 0 Å². The van der Waals surface area contributed by atoms with Crippen LogP contribution in [0.15, 0.2) is 24.3 Å². The smallest absolute Gasteiger partial charge is 0.119 e. The first-order valence-corrected chi connectivity index (χ1v) is 5.66. The Balaban J connectivity index is 2.13. The molecule has 15 heavy (non-hydrogen) atoms. The molecular formula is C13H19NO. The molecule has 1 heterocycles. The van der Waals surface area contributed by atoms with Gasteiger partial charge in [0, 0.05) is 0 Å². The summed E-state index contributed by atoms with van der Waals surface area (Å²) < 4.78 is 5.25. The lowest BCUT2D eigenvalue weighted by atomic mass is 9.87. The molecule has 2 nitrogen and oxygen atoms in total. The molecule has 0 spiro atoms. The van der Waals surface area contributed by atoms with Gasteiger partial charge in [0.1, 0.15) is 5.75 Å². The Morgan fingerprint density at radius 2 is 2.33 bits per heavy atom. The van der Waals surface area contributed by atoms with Gasteiger partial charge in [-0.2, -0.15) is 0 Å². The quantitative estimate of drug-likeness (QED) is 0.818. The highest BCUT2D eigenvalue weighted by atomic mass is 16.5. The second-order valence-corrected chi connectivity index (χ2v) is 4.32. The molecule has 1 aliphatic heterocycles. The zero-order valence-corrected chi connectivity index (χ0v) is 9.49. The number of rotatable bonds is 3. The highest BCUT2D eigenvalue weighted by molar-refractivity contribution is 5.31. The first kappa shape index (κ1) is 10.5. The summed E-state index contributed by atoms with van der Waals surface area (Å²) in [5.41, 5.74) is 1.39. The second kappa shape index (κ2) is 4.67. The van der Waals surface area contributed by atoms with Crippen LogP contribution in [0.2, 0.25) is 0 Å². The first-order valence-electron chi connectivity index (χ1n) is 5.66. The van der Waals surface area contributed by atoms with Crippen molar-refractivity contribution in [1.82, 2.24) is 5.32 Å². The molecule has 82 valence electrons. The van der Waals surface area contributed by atoms with Crippen LogP contribution in [0.5, 0.6) is 5.75 Å². The van der Waals surface area contributed by atoms with E-state index in [1.165, 1.54) is 18.5 Å². The molecule has 1 N–H and O–H groups in total. The molecule has 0 radical (unpaired) electrons. The predicted octanol–water partition coefficient (Wildman–Crippen LogP) is 2.41. The zero-order valence-electron chi connectivity index (χ0n) is 9.49. The van der Waals surface area contributed by atoms with Gasteiger partial charge in [0.25, 0.3) is 0 Å². The number of methoxy groups -OCH3 is 1. The van der Waals surface area contributed by atoms with Gasteiger partial charge in [-0.1, -0.05) is 19.1 Å². The Bertz CT molecular complexity index is 318. The van der Waals surface area contributed by atoms with Crippen LogP contribution >= 0.6 is 0 Å². The zero-order chi connectivity index (χ0) is 10.7. The van der Waals surface area contributed by atoms with Gasteiger partial charge < -0.3 is 10.1 Å². The maximum Gasteiger partial charge on any atom is 0.119 e. The highest BCUT2D eigenvalue weighted by Gasteiger charge is 2.22. The molecule has 1 aromatic carbocycles. The van der Waals surface area contributed by atoms with E-state index in [1.54, 1.807) is 7.11 Å². The van der Waals surface area contributed by atoms with Gasteiger partial charge in [-0.3, -0.25) is 0 Å². The van der Waals surface area contributed by atoms with Gasteiger partial charge in [0.05, 0.1) is 7.11 Å². The predicted molar refractivity (Wildman–Crippen MR) is 62.4 cm³/mol. The molecule has 2 atom stereocenters. The third-order valence-electron chi connectivity index (χ3n) is 3.43. The maximum atomic E-state index is 5.25. The van der Waals surface area contributed by atoms with Crippen molar-refractivity contribution in [1.29, 1.82) is 0 Å². The maximum absolute atomic E-state index is 5.25. The number of hydrogen-bond acceptors (Lipinski definition) is 2. The van der Waals surface area contributed by atoms with E-state index >= 15 is 0 Å².